The van der Waals surface area contributed by atoms with Crippen LogP contribution in [-0.4, -0.2) is 84.0 Å². The zero-order valence-electron chi connectivity index (χ0n) is 19.3. The highest BCUT2D eigenvalue weighted by Gasteiger charge is 2.49. The van der Waals surface area contributed by atoms with Gasteiger partial charge in [0, 0.05) is 4.75 Å². The van der Waals surface area contributed by atoms with Gasteiger partial charge < -0.3 is 20.6 Å². The molecule has 1 aliphatic rings. The molecule has 2 aromatic rings. The second-order valence-corrected chi connectivity index (χ2v) is 10.9. The van der Waals surface area contributed by atoms with E-state index in [0.717, 1.165) is 17.3 Å². The summed E-state index contributed by atoms with van der Waals surface area (Å²) in [5.74, 6) is -1.31. The van der Waals surface area contributed by atoms with Gasteiger partial charge in [0.25, 0.3) is 5.91 Å². The van der Waals surface area contributed by atoms with Crippen LogP contribution in [-0.2, 0) is 20.8 Å². The van der Waals surface area contributed by atoms with Crippen molar-refractivity contribution < 1.29 is 19.5 Å². The molecule has 0 unspecified atom stereocenters. The molecular weight excluding hydrogens is 490 g/mol. The molecule has 4 N–H and O–H groups in total. The lowest BCUT2D eigenvalue weighted by atomic mass is 9.97. The number of aliphatic hydroxyl groups is 1. The third-order valence-electron chi connectivity index (χ3n) is 5.43. The number of nitrogens with one attached hydrogen (secondary N) is 3. The first-order chi connectivity index (χ1) is 16.7. The van der Waals surface area contributed by atoms with Crippen molar-refractivity contribution in [2.24, 2.45) is 0 Å². The quantitative estimate of drug-likeness (QED) is 0.256. The first-order valence-electron chi connectivity index (χ1n) is 10.8. The summed E-state index contributed by atoms with van der Waals surface area (Å²) in [6.45, 7) is 3.48. The van der Waals surface area contributed by atoms with E-state index in [1.165, 1.54) is 23.0 Å². The molecule has 3 rings (SSSR count). The second kappa shape index (κ2) is 12.1. The molecule has 2 heterocycles. The van der Waals surface area contributed by atoms with Gasteiger partial charge in [-0.3, -0.25) is 19.5 Å². The average Bonchev–Trinajstić information content (AvgIpc) is 3.47. The Labute approximate surface area is 211 Å². The molecule has 0 aliphatic carbocycles. The van der Waals surface area contributed by atoms with Gasteiger partial charge in [0.05, 0.1) is 23.7 Å². The Morgan fingerprint density at radius 2 is 2.11 bits per heavy atom. The Kier molecular flexibility index (Phi) is 9.13. The zero-order chi connectivity index (χ0) is 25.4. The summed E-state index contributed by atoms with van der Waals surface area (Å²) in [6.07, 6.45) is -0.0444. The number of thioether (sulfide) groups is 2. The summed E-state index contributed by atoms with van der Waals surface area (Å²) in [6, 6.07) is 9.24. The summed E-state index contributed by atoms with van der Waals surface area (Å²) < 4.78 is -0.624. The number of aromatic nitrogens is 3. The molecule has 186 valence electrons. The van der Waals surface area contributed by atoms with Crippen LogP contribution in [0.4, 0.5) is 0 Å². The van der Waals surface area contributed by atoms with Gasteiger partial charge in [-0.15, -0.1) is 11.8 Å². The number of benzene rings is 1. The fourth-order valence-corrected chi connectivity index (χ4v) is 5.46. The molecule has 1 aromatic carbocycles. The molecule has 3 atom stereocenters. The van der Waals surface area contributed by atoms with E-state index in [-0.39, 0.29) is 24.6 Å². The standard InChI is InChI=1S/C22H27N7O4S2/c1-22(2)18(19(32)24-9-8-23)29(13-35-22)20(33)17(31)15(10-14-6-4-3-5-7-14)27-16(30)11-34-21-25-12-26-28-21/h3-7,12,15,17-18,31H,9-11,13H2,1-2H3,(H,24,32)(H,27,30)(H,25,26,28)/t15-,17-,18+/m0/s1. The maximum Gasteiger partial charge on any atom is 0.254 e. The van der Waals surface area contributed by atoms with Gasteiger partial charge in [-0.2, -0.15) is 10.4 Å². The van der Waals surface area contributed by atoms with Crippen molar-refractivity contribution in [3.63, 3.8) is 0 Å². The number of amides is 3. The molecule has 0 radical (unpaired) electrons. The Morgan fingerprint density at radius 1 is 1.37 bits per heavy atom. The lowest BCUT2D eigenvalue weighted by molar-refractivity contribution is -0.147. The minimum absolute atomic E-state index is 0.00712. The molecule has 13 heteroatoms. The minimum Gasteiger partial charge on any atom is -0.381 e. The third kappa shape index (κ3) is 6.97. The Morgan fingerprint density at radius 3 is 2.77 bits per heavy atom. The van der Waals surface area contributed by atoms with Gasteiger partial charge >= 0.3 is 0 Å². The van der Waals surface area contributed by atoms with Crippen LogP contribution in [0.15, 0.2) is 41.8 Å². The number of hydrogen-bond donors (Lipinski definition) is 4. The number of aliphatic hydroxyl groups excluding tert-OH is 1. The van der Waals surface area contributed by atoms with E-state index in [1.807, 2.05) is 50.2 Å². The highest BCUT2D eigenvalue weighted by Crippen LogP contribution is 2.39. The first-order valence-corrected chi connectivity index (χ1v) is 12.8. The molecule has 1 fully saturated rings. The predicted octanol–water partition coefficient (Wildman–Crippen LogP) is 0.305. The molecule has 0 spiro atoms. The summed E-state index contributed by atoms with van der Waals surface area (Å²) in [7, 11) is 0. The van der Waals surface area contributed by atoms with E-state index in [4.69, 9.17) is 5.26 Å². The molecule has 1 aliphatic heterocycles. The van der Waals surface area contributed by atoms with Crippen LogP contribution in [0.5, 0.6) is 0 Å². The maximum absolute atomic E-state index is 13.4. The topological polar surface area (TPSA) is 164 Å². The number of rotatable bonds is 10. The Balaban J connectivity index is 1.76. The van der Waals surface area contributed by atoms with E-state index in [9.17, 15) is 19.5 Å². The number of H-pyrrole nitrogens is 1. The first kappa shape index (κ1) is 26.5. The summed E-state index contributed by atoms with van der Waals surface area (Å²) in [5.41, 5.74) is 0.826. The van der Waals surface area contributed by atoms with Crippen LogP contribution < -0.4 is 10.6 Å². The van der Waals surface area contributed by atoms with Crippen LogP contribution in [0.3, 0.4) is 0 Å². The van der Waals surface area contributed by atoms with Crippen molar-refractivity contribution >= 4 is 41.2 Å². The molecule has 11 nitrogen and oxygen atoms in total. The van der Waals surface area contributed by atoms with Crippen LogP contribution in [0.2, 0.25) is 0 Å². The normalized spacial score (nSPS) is 18.3. The highest BCUT2D eigenvalue weighted by molar-refractivity contribution is 8.01. The van der Waals surface area contributed by atoms with Crippen molar-refractivity contribution in [3.05, 3.63) is 42.2 Å². The molecule has 35 heavy (non-hydrogen) atoms. The van der Waals surface area contributed by atoms with Crippen molar-refractivity contribution in [2.75, 3.05) is 18.2 Å². The monoisotopic (exact) mass is 517 g/mol. The fourth-order valence-electron chi connectivity index (χ4n) is 3.73. The molecule has 3 amide bonds. The maximum atomic E-state index is 13.4. The SMILES string of the molecule is CC1(C)SCN(C(=O)[C@@H](O)[C@H](Cc2ccccc2)NC(=O)CSc2ncn[nH]2)[C@@H]1C(=O)NCC#N. The number of aromatic amines is 1. The summed E-state index contributed by atoms with van der Waals surface area (Å²) in [4.78, 5) is 44.1. The van der Waals surface area contributed by atoms with Gasteiger partial charge in [-0.1, -0.05) is 42.1 Å². The van der Waals surface area contributed by atoms with Crippen LogP contribution in [0.25, 0.3) is 0 Å². The Bertz CT molecular complexity index is 1060. The van der Waals surface area contributed by atoms with Gasteiger partial charge in [0.2, 0.25) is 11.8 Å². The van der Waals surface area contributed by atoms with Crippen LogP contribution in [0, 0.1) is 11.3 Å². The third-order valence-corrected chi connectivity index (χ3v) is 7.68. The van der Waals surface area contributed by atoms with Gasteiger partial charge in [0.15, 0.2) is 11.3 Å². The van der Waals surface area contributed by atoms with Crippen molar-refractivity contribution in [1.82, 2.24) is 30.7 Å². The number of nitrogens with zero attached hydrogens (tertiary/aromatic N) is 4. The van der Waals surface area contributed by atoms with Crippen LogP contribution >= 0.6 is 23.5 Å². The average molecular weight is 518 g/mol. The molecule has 1 aromatic heterocycles. The molecule has 0 bridgehead atoms. The predicted molar refractivity (Wildman–Crippen MR) is 131 cm³/mol. The zero-order valence-corrected chi connectivity index (χ0v) is 20.9. The number of nitriles is 1. The lowest BCUT2D eigenvalue weighted by Crippen LogP contribution is -2.58. The van der Waals surface area contributed by atoms with Crippen molar-refractivity contribution in [3.8, 4) is 6.07 Å². The van der Waals surface area contributed by atoms with E-state index < -0.39 is 40.7 Å². The smallest absolute Gasteiger partial charge is 0.254 e. The van der Waals surface area contributed by atoms with Crippen molar-refractivity contribution in [1.29, 1.82) is 5.26 Å². The van der Waals surface area contributed by atoms with Crippen LogP contribution in [0.1, 0.15) is 19.4 Å². The van der Waals surface area contributed by atoms with E-state index in [0.29, 0.717) is 5.16 Å². The van der Waals surface area contributed by atoms with Crippen molar-refractivity contribution in [2.45, 2.75) is 48.4 Å². The Hall–Kier alpha value is -3.08. The number of carbonyl (C=O) groups excluding carboxylic acids is 3. The molecular formula is C22H27N7O4S2. The number of hydrogen-bond acceptors (Lipinski definition) is 9. The van der Waals surface area contributed by atoms with E-state index >= 15 is 0 Å². The summed E-state index contributed by atoms with van der Waals surface area (Å²) in [5, 5.41) is 32.0. The van der Waals surface area contributed by atoms with Gasteiger partial charge in [0.1, 0.15) is 18.9 Å². The van der Waals surface area contributed by atoms with Gasteiger partial charge in [-0.05, 0) is 25.8 Å². The summed E-state index contributed by atoms with van der Waals surface area (Å²) >= 11 is 2.54. The van der Waals surface area contributed by atoms with Gasteiger partial charge in [-0.25, -0.2) is 4.98 Å². The minimum atomic E-state index is -1.59. The van der Waals surface area contributed by atoms with E-state index in [1.54, 1.807) is 0 Å². The lowest BCUT2D eigenvalue weighted by Gasteiger charge is -2.33. The second-order valence-electron chi connectivity index (χ2n) is 8.35. The molecule has 0 saturated carbocycles. The highest BCUT2D eigenvalue weighted by atomic mass is 32.2. The number of carbonyl (C=O) groups is 3. The fraction of sp³-hybridized carbons (Fsp3) is 0.455. The van der Waals surface area contributed by atoms with E-state index in [2.05, 4.69) is 25.8 Å². The molecule has 1 saturated heterocycles. The largest absolute Gasteiger partial charge is 0.381 e.